The van der Waals surface area contributed by atoms with Crippen LogP contribution in [0.4, 0.5) is 0 Å². The number of amides is 1. The highest BCUT2D eigenvalue weighted by molar-refractivity contribution is 9.10. The zero-order valence-corrected chi connectivity index (χ0v) is 16.0. The van der Waals surface area contributed by atoms with Crippen LogP contribution in [0, 0.1) is 0 Å². The van der Waals surface area contributed by atoms with Crippen molar-refractivity contribution in [1.82, 2.24) is 4.90 Å². The fourth-order valence-electron chi connectivity index (χ4n) is 2.10. The van der Waals surface area contributed by atoms with Crippen LogP contribution in [-0.2, 0) is 4.79 Å². The van der Waals surface area contributed by atoms with E-state index in [1.165, 1.54) is 11.8 Å². The van der Waals surface area contributed by atoms with Crippen LogP contribution in [0.2, 0.25) is 0 Å². The average Bonchev–Trinajstić information content (AvgIpc) is 2.80. The predicted octanol–water partition coefficient (Wildman–Crippen LogP) is 3.78. The number of carbonyl (C=O) groups is 1. The van der Waals surface area contributed by atoms with Gasteiger partial charge in [0.25, 0.3) is 5.91 Å². The van der Waals surface area contributed by atoms with Gasteiger partial charge in [0.2, 0.25) is 0 Å². The van der Waals surface area contributed by atoms with Crippen molar-refractivity contribution in [2.24, 2.45) is 4.99 Å². The molecule has 1 aromatic carbocycles. The normalized spacial score (nSPS) is 18.1. The van der Waals surface area contributed by atoms with Gasteiger partial charge in [0.05, 0.1) is 22.6 Å². The molecule has 0 radical (unpaired) electrons. The van der Waals surface area contributed by atoms with Crippen LogP contribution >= 0.6 is 27.7 Å². The molecule has 0 aliphatic carbocycles. The van der Waals surface area contributed by atoms with Crippen LogP contribution in [0.15, 0.2) is 26.5 Å². The molecule has 1 aliphatic heterocycles. The fraction of sp³-hybridized carbons (Fsp3) is 0.375. The minimum absolute atomic E-state index is 0.0666. The van der Waals surface area contributed by atoms with Gasteiger partial charge < -0.3 is 9.47 Å². The number of rotatable bonds is 5. The van der Waals surface area contributed by atoms with Crippen molar-refractivity contribution < 1.29 is 14.3 Å². The molecule has 5 nitrogen and oxygen atoms in total. The summed E-state index contributed by atoms with van der Waals surface area (Å²) in [6, 6.07) is 3.74. The third kappa shape index (κ3) is 3.90. The van der Waals surface area contributed by atoms with E-state index in [2.05, 4.69) is 20.9 Å². The molecule has 23 heavy (non-hydrogen) atoms. The van der Waals surface area contributed by atoms with Crippen molar-refractivity contribution in [3.05, 3.63) is 27.1 Å². The lowest BCUT2D eigenvalue weighted by atomic mass is 10.1. The highest BCUT2D eigenvalue weighted by Crippen LogP contribution is 2.37. The second-order valence-corrected chi connectivity index (χ2v) is 6.53. The minimum Gasteiger partial charge on any atom is -0.493 e. The minimum atomic E-state index is -0.0666. The standard InChI is InChI=1S/C16H19BrN2O3S/c1-5-21-12-9-13(22-6-2)11(17)7-10(12)8-14-15(20)19(4)16(18-3)23-14/h7-9H,5-6H2,1-4H3/b14-8+,18-16?. The Hall–Kier alpha value is -1.47. The van der Waals surface area contributed by atoms with Crippen molar-refractivity contribution in [2.75, 3.05) is 27.3 Å². The molecule has 124 valence electrons. The first-order valence-corrected chi connectivity index (χ1v) is 8.86. The van der Waals surface area contributed by atoms with Crippen LogP contribution < -0.4 is 9.47 Å². The molecule has 1 fully saturated rings. The van der Waals surface area contributed by atoms with Crippen LogP contribution in [0.25, 0.3) is 6.08 Å². The Morgan fingerprint density at radius 1 is 1.26 bits per heavy atom. The molecule has 1 aromatic rings. The summed E-state index contributed by atoms with van der Waals surface area (Å²) in [5.74, 6) is 1.34. The van der Waals surface area contributed by atoms with E-state index >= 15 is 0 Å². The molecule has 0 saturated carbocycles. The van der Waals surface area contributed by atoms with Gasteiger partial charge in [-0.1, -0.05) is 0 Å². The Kier molecular flexibility index (Phi) is 6.12. The lowest BCUT2D eigenvalue weighted by Crippen LogP contribution is -2.23. The number of hydrogen-bond donors (Lipinski definition) is 0. The Morgan fingerprint density at radius 3 is 2.48 bits per heavy atom. The molecular formula is C16H19BrN2O3S. The lowest BCUT2D eigenvalue weighted by Gasteiger charge is -2.12. The number of carbonyl (C=O) groups excluding carboxylic acids is 1. The highest BCUT2D eigenvalue weighted by atomic mass is 79.9. The van der Waals surface area contributed by atoms with E-state index in [9.17, 15) is 4.79 Å². The van der Waals surface area contributed by atoms with E-state index in [1.54, 1.807) is 19.0 Å². The monoisotopic (exact) mass is 398 g/mol. The first-order chi connectivity index (χ1) is 11.0. The number of benzene rings is 1. The zero-order valence-electron chi connectivity index (χ0n) is 13.6. The largest absolute Gasteiger partial charge is 0.493 e. The summed E-state index contributed by atoms with van der Waals surface area (Å²) < 4.78 is 12.1. The molecule has 0 aromatic heterocycles. The Morgan fingerprint density at radius 2 is 1.91 bits per heavy atom. The maximum absolute atomic E-state index is 12.3. The molecule has 0 N–H and O–H groups in total. The topological polar surface area (TPSA) is 51.1 Å². The van der Waals surface area contributed by atoms with Crippen molar-refractivity contribution >= 4 is 44.8 Å². The van der Waals surface area contributed by atoms with E-state index in [-0.39, 0.29) is 5.91 Å². The van der Waals surface area contributed by atoms with Crippen molar-refractivity contribution in [2.45, 2.75) is 13.8 Å². The molecule has 0 bridgehead atoms. The van der Waals surface area contributed by atoms with Gasteiger partial charge in [-0.3, -0.25) is 14.7 Å². The maximum atomic E-state index is 12.3. The van der Waals surface area contributed by atoms with Crippen LogP contribution in [0.3, 0.4) is 0 Å². The summed E-state index contributed by atoms with van der Waals surface area (Å²) in [6.07, 6.45) is 1.83. The Balaban J connectivity index is 2.44. The summed E-state index contributed by atoms with van der Waals surface area (Å²) in [5, 5.41) is 0.684. The number of nitrogens with zero attached hydrogens (tertiary/aromatic N) is 2. The van der Waals surface area contributed by atoms with Crippen LogP contribution in [-0.4, -0.2) is 43.3 Å². The lowest BCUT2D eigenvalue weighted by molar-refractivity contribution is -0.121. The van der Waals surface area contributed by atoms with Crippen LogP contribution in [0.1, 0.15) is 19.4 Å². The third-order valence-corrected chi connectivity index (χ3v) is 4.92. The van der Waals surface area contributed by atoms with Crippen molar-refractivity contribution in [1.29, 1.82) is 0 Å². The van der Waals surface area contributed by atoms with Gasteiger partial charge in [0, 0.05) is 25.7 Å². The first-order valence-electron chi connectivity index (χ1n) is 7.25. The molecule has 1 amide bonds. The summed E-state index contributed by atoms with van der Waals surface area (Å²) >= 11 is 4.85. The van der Waals surface area contributed by atoms with Gasteiger partial charge >= 0.3 is 0 Å². The van der Waals surface area contributed by atoms with Gasteiger partial charge in [-0.05, 0) is 53.7 Å². The second-order valence-electron chi connectivity index (χ2n) is 4.67. The number of hydrogen-bond acceptors (Lipinski definition) is 5. The van der Waals surface area contributed by atoms with E-state index in [0.717, 1.165) is 15.8 Å². The van der Waals surface area contributed by atoms with Gasteiger partial charge in [0.1, 0.15) is 11.5 Å². The summed E-state index contributed by atoms with van der Waals surface area (Å²) in [7, 11) is 3.39. The number of amidine groups is 1. The maximum Gasteiger partial charge on any atom is 0.266 e. The molecule has 0 spiro atoms. The number of likely N-dealkylation sites (N-methyl/N-ethyl adjacent to an activating group) is 1. The molecule has 1 aliphatic rings. The molecule has 0 atom stereocenters. The van der Waals surface area contributed by atoms with Gasteiger partial charge in [-0.15, -0.1) is 0 Å². The summed E-state index contributed by atoms with van der Waals surface area (Å²) in [6.45, 7) is 4.95. The SMILES string of the molecule is CCOc1cc(OCC)c(/C=C2/SC(=NC)N(C)C2=O)cc1Br. The number of thioether (sulfide) groups is 1. The van der Waals surface area contributed by atoms with Gasteiger partial charge in [-0.25, -0.2) is 0 Å². The van der Waals surface area contributed by atoms with Crippen molar-refractivity contribution in [3.8, 4) is 11.5 Å². The third-order valence-electron chi connectivity index (χ3n) is 3.15. The quantitative estimate of drug-likeness (QED) is 0.708. The first kappa shape index (κ1) is 17.9. The predicted molar refractivity (Wildman–Crippen MR) is 98.2 cm³/mol. The number of ether oxygens (including phenoxy) is 2. The Bertz CT molecular complexity index is 674. The zero-order chi connectivity index (χ0) is 17.0. The fourth-order valence-corrected chi connectivity index (χ4v) is 3.49. The second kappa shape index (κ2) is 7.88. The van der Waals surface area contributed by atoms with Gasteiger partial charge in [0.15, 0.2) is 5.17 Å². The summed E-state index contributed by atoms with van der Waals surface area (Å²) in [5.41, 5.74) is 0.823. The summed E-state index contributed by atoms with van der Waals surface area (Å²) in [4.78, 5) is 18.5. The molecule has 1 saturated heterocycles. The molecule has 1 heterocycles. The van der Waals surface area contributed by atoms with Crippen LogP contribution in [0.5, 0.6) is 11.5 Å². The van der Waals surface area contributed by atoms with Gasteiger partial charge in [-0.2, -0.15) is 0 Å². The molecule has 2 rings (SSSR count). The Labute approximate surface area is 148 Å². The van der Waals surface area contributed by atoms with E-state index in [4.69, 9.17) is 9.47 Å². The molecular weight excluding hydrogens is 380 g/mol. The highest BCUT2D eigenvalue weighted by Gasteiger charge is 2.30. The van der Waals surface area contributed by atoms with E-state index in [0.29, 0.717) is 29.0 Å². The number of halogens is 1. The molecule has 0 unspecified atom stereocenters. The van der Waals surface area contributed by atoms with E-state index in [1.807, 2.05) is 32.1 Å². The van der Waals surface area contributed by atoms with E-state index < -0.39 is 0 Å². The molecule has 7 heteroatoms. The smallest absolute Gasteiger partial charge is 0.266 e. The number of aliphatic imine (C=N–C) groups is 1. The average molecular weight is 399 g/mol. The van der Waals surface area contributed by atoms with Crippen molar-refractivity contribution in [3.63, 3.8) is 0 Å².